The number of thioether (sulfide) groups is 1. The molecule has 4 aromatic rings. The summed E-state index contributed by atoms with van der Waals surface area (Å²) in [6, 6.07) is 12.0. The Morgan fingerprint density at radius 2 is 2.00 bits per heavy atom. The molecule has 0 radical (unpaired) electrons. The number of amides is 1. The SMILES string of the molecule is CSc1nc(-c2ccc3c(c2)CCCN3C(=O)c2ccc(O)cc2O)c2cc[nH]c2n1. The van der Waals surface area contributed by atoms with E-state index in [1.807, 2.05) is 30.7 Å². The molecule has 5 rings (SSSR count). The Morgan fingerprint density at radius 3 is 2.81 bits per heavy atom. The van der Waals surface area contributed by atoms with Gasteiger partial charge in [0.05, 0.1) is 11.3 Å². The highest BCUT2D eigenvalue weighted by atomic mass is 32.2. The standard InChI is InChI=1S/C23H20N4O3S/c1-31-23-25-20(17-8-9-24-21(17)26-23)14-4-7-18-13(11-14)3-2-10-27(18)22(30)16-6-5-15(28)12-19(16)29/h4-9,11-12,28-29H,2-3,10H2,1H3,(H,24,25,26). The Labute approximate surface area is 182 Å². The molecular formula is C23H20N4O3S. The van der Waals surface area contributed by atoms with Gasteiger partial charge in [0.15, 0.2) is 5.16 Å². The maximum Gasteiger partial charge on any atom is 0.262 e. The molecule has 0 saturated carbocycles. The average molecular weight is 433 g/mol. The first-order chi connectivity index (χ1) is 15.0. The highest BCUT2D eigenvalue weighted by Crippen LogP contribution is 2.35. The van der Waals surface area contributed by atoms with Crippen molar-refractivity contribution in [2.45, 2.75) is 18.0 Å². The van der Waals surface area contributed by atoms with Gasteiger partial charge in [-0.2, -0.15) is 0 Å². The summed E-state index contributed by atoms with van der Waals surface area (Å²) in [4.78, 5) is 27.2. The number of aromatic amines is 1. The van der Waals surface area contributed by atoms with E-state index in [1.54, 1.807) is 4.90 Å². The number of carbonyl (C=O) groups excluding carboxylic acids is 1. The van der Waals surface area contributed by atoms with Crippen LogP contribution < -0.4 is 4.90 Å². The number of aromatic hydroxyl groups is 2. The zero-order valence-electron chi connectivity index (χ0n) is 16.8. The second kappa shape index (κ2) is 7.63. The van der Waals surface area contributed by atoms with Crippen molar-refractivity contribution in [3.63, 3.8) is 0 Å². The van der Waals surface area contributed by atoms with E-state index >= 15 is 0 Å². The number of benzene rings is 2. The van der Waals surface area contributed by atoms with Crippen molar-refractivity contribution in [1.82, 2.24) is 15.0 Å². The molecule has 3 heterocycles. The van der Waals surface area contributed by atoms with E-state index in [2.05, 4.69) is 16.0 Å². The summed E-state index contributed by atoms with van der Waals surface area (Å²) in [5.41, 5.74) is 4.69. The van der Waals surface area contributed by atoms with Gasteiger partial charge >= 0.3 is 0 Å². The topological polar surface area (TPSA) is 102 Å². The number of nitrogens with one attached hydrogen (secondary N) is 1. The van der Waals surface area contributed by atoms with E-state index in [-0.39, 0.29) is 23.0 Å². The minimum Gasteiger partial charge on any atom is -0.508 e. The third kappa shape index (κ3) is 3.38. The molecular weight excluding hydrogens is 412 g/mol. The van der Waals surface area contributed by atoms with Gasteiger partial charge in [-0.15, -0.1) is 0 Å². The predicted octanol–water partition coefficient (Wildman–Crippen LogP) is 4.35. The number of hydrogen-bond donors (Lipinski definition) is 3. The molecule has 0 fully saturated rings. The number of phenols is 2. The quantitative estimate of drug-likeness (QED) is 0.329. The molecule has 7 nitrogen and oxygen atoms in total. The number of H-pyrrole nitrogens is 1. The number of rotatable bonds is 3. The third-order valence-corrected chi connectivity index (χ3v) is 6.05. The number of carbonyl (C=O) groups is 1. The summed E-state index contributed by atoms with van der Waals surface area (Å²) >= 11 is 1.49. The highest BCUT2D eigenvalue weighted by Gasteiger charge is 2.26. The van der Waals surface area contributed by atoms with Gasteiger partial charge in [-0.3, -0.25) is 4.79 Å². The minimum absolute atomic E-state index is 0.0803. The molecule has 0 saturated heterocycles. The van der Waals surface area contributed by atoms with E-state index in [0.29, 0.717) is 11.7 Å². The van der Waals surface area contributed by atoms with Gasteiger partial charge < -0.3 is 20.1 Å². The first-order valence-electron chi connectivity index (χ1n) is 9.91. The Hall–Kier alpha value is -3.52. The van der Waals surface area contributed by atoms with Crippen LogP contribution >= 0.6 is 11.8 Å². The van der Waals surface area contributed by atoms with Crippen LogP contribution in [0.25, 0.3) is 22.3 Å². The van der Waals surface area contributed by atoms with E-state index in [0.717, 1.165) is 46.4 Å². The maximum absolute atomic E-state index is 13.1. The molecule has 0 atom stereocenters. The fourth-order valence-corrected chi connectivity index (χ4v) is 4.40. The molecule has 3 N–H and O–H groups in total. The number of phenolic OH excluding ortho intramolecular Hbond substituents is 2. The summed E-state index contributed by atoms with van der Waals surface area (Å²) in [6.45, 7) is 0.567. The largest absolute Gasteiger partial charge is 0.508 e. The molecule has 1 aliphatic heterocycles. The third-order valence-electron chi connectivity index (χ3n) is 5.51. The molecule has 31 heavy (non-hydrogen) atoms. The summed E-state index contributed by atoms with van der Waals surface area (Å²) in [6.07, 6.45) is 5.48. The van der Waals surface area contributed by atoms with Gasteiger partial charge in [0.2, 0.25) is 0 Å². The van der Waals surface area contributed by atoms with Crippen molar-refractivity contribution in [3.8, 4) is 22.8 Å². The van der Waals surface area contributed by atoms with Crippen LogP contribution in [0.4, 0.5) is 5.69 Å². The predicted molar refractivity (Wildman–Crippen MR) is 121 cm³/mol. The zero-order chi connectivity index (χ0) is 21.5. The van der Waals surface area contributed by atoms with Gasteiger partial charge in [-0.1, -0.05) is 17.8 Å². The molecule has 0 bridgehead atoms. The first-order valence-corrected chi connectivity index (χ1v) is 11.1. The second-order valence-electron chi connectivity index (χ2n) is 7.40. The summed E-state index contributed by atoms with van der Waals surface area (Å²) in [5, 5.41) is 21.3. The van der Waals surface area contributed by atoms with Gasteiger partial charge in [0, 0.05) is 35.4 Å². The molecule has 0 aliphatic carbocycles. The molecule has 2 aromatic carbocycles. The van der Waals surface area contributed by atoms with E-state index in [1.165, 1.54) is 30.0 Å². The number of hydrogen-bond acceptors (Lipinski definition) is 6. The lowest BCUT2D eigenvalue weighted by Gasteiger charge is -2.30. The first kappa shape index (κ1) is 19.4. The van der Waals surface area contributed by atoms with Crippen molar-refractivity contribution < 1.29 is 15.0 Å². The van der Waals surface area contributed by atoms with Crippen molar-refractivity contribution >= 4 is 34.4 Å². The van der Waals surface area contributed by atoms with Crippen LogP contribution in [-0.4, -0.2) is 43.9 Å². The average Bonchev–Trinajstić information content (AvgIpc) is 3.26. The van der Waals surface area contributed by atoms with Crippen molar-refractivity contribution in [3.05, 3.63) is 59.8 Å². The minimum atomic E-state index is -0.286. The van der Waals surface area contributed by atoms with Crippen LogP contribution in [0.15, 0.2) is 53.8 Å². The van der Waals surface area contributed by atoms with Gasteiger partial charge in [0.1, 0.15) is 17.1 Å². The van der Waals surface area contributed by atoms with Crippen LogP contribution in [-0.2, 0) is 6.42 Å². The Morgan fingerprint density at radius 1 is 1.13 bits per heavy atom. The molecule has 1 amide bonds. The number of nitrogens with zero attached hydrogens (tertiary/aromatic N) is 3. The van der Waals surface area contributed by atoms with E-state index in [4.69, 9.17) is 4.98 Å². The van der Waals surface area contributed by atoms with Gasteiger partial charge in [-0.05, 0) is 55.0 Å². The number of fused-ring (bicyclic) bond motifs is 2. The van der Waals surface area contributed by atoms with Gasteiger partial charge in [-0.25, -0.2) is 9.97 Å². The van der Waals surface area contributed by atoms with Crippen molar-refractivity contribution in [2.24, 2.45) is 0 Å². The fraction of sp³-hybridized carbons (Fsp3) is 0.174. The normalized spacial score (nSPS) is 13.4. The molecule has 0 spiro atoms. The lowest BCUT2D eigenvalue weighted by atomic mass is 9.96. The monoisotopic (exact) mass is 432 g/mol. The molecule has 156 valence electrons. The molecule has 0 unspecified atom stereocenters. The maximum atomic E-state index is 13.1. The number of anilines is 1. The van der Waals surface area contributed by atoms with Crippen molar-refractivity contribution in [2.75, 3.05) is 17.7 Å². The smallest absolute Gasteiger partial charge is 0.262 e. The van der Waals surface area contributed by atoms with Crippen LogP contribution in [0.5, 0.6) is 11.5 Å². The fourth-order valence-electron chi connectivity index (χ4n) is 4.03. The summed E-state index contributed by atoms with van der Waals surface area (Å²) in [5.74, 6) is -0.594. The van der Waals surface area contributed by atoms with Crippen molar-refractivity contribution in [1.29, 1.82) is 0 Å². The van der Waals surface area contributed by atoms with Crippen LogP contribution in [0.2, 0.25) is 0 Å². The highest BCUT2D eigenvalue weighted by molar-refractivity contribution is 7.98. The Balaban J connectivity index is 1.56. The van der Waals surface area contributed by atoms with Gasteiger partial charge in [0.25, 0.3) is 5.91 Å². The lowest BCUT2D eigenvalue weighted by Crippen LogP contribution is -2.35. The van der Waals surface area contributed by atoms with Crippen LogP contribution in [0.1, 0.15) is 22.3 Å². The number of aryl methyl sites for hydroxylation is 1. The summed E-state index contributed by atoms with van der Waals surface area (Å²) in [7, 11) is 0. The number of aromatic nitrogens is 3. The van der Waals surface area contributed by atoms with Crippen LogP contribution in [0.3, 0.4) is 0 Å². The molecule has 8 heteroatoms. The Kier molecular flexibility index (Phi) is 4.78. The van der Waals surface area contributed by atoms with E-state index < -0.39 is 0 Å². The Bertz CT molecular complexity index is 1320. The molecule has 2 aromatic heterocycles. The summed E-state index contributed by atoms with van der Waals surface area (Å²) < 4.78 is 0. The van der Waals surface area contributed by atoms with E-state index in [9.17, 15) is 15.0 Å². The second-order valence-corrected chi connectivity index (χ2v) is 8.18. The zero-order valence-corrected chi connectivity index (χ0v) is 17.6. The van der Waals surface area contributed by atoms with Crippen LogP contribution in [0, 0.1) is 0 Å². The molecule has 1 aliphatic rings. The lowest BCUT2D eigenvalue weighted by molar-refractivity contribution is 0.0982.